The molecule has 7 heteroatoms. The van der Waals surface area contributed by atoms with Crippen LogP contribution in [0.5, 0.6) is 0 Å². The van der Waals surface area contributed by atoms with Crippen molar-refractivity contribution in [2.24, 2.45) is 0 Å². The van der Waals surface area contributed by atoms with E-state index in [1.54, 1.807) is 0 Å². The normalized spacial score (nSPS) is 10.7. The van der Waals surface area contributed by atoms with Crippen molar-refractivity contribution in [3.8, 4) is 0 Å². The van der Waals surface area contributed by atoms with Crippen LogP contribution in [0.1, 0.15) is 24.2 Å². The minimum absolute atomic E-state index is 0.0553. The van der Waals surface area contributed by atoms with Crippen molar-refractivity contribution in [1.29, 1.82) is 0 Å². The van der Waals surface area contributed by atoms with E-state index in [4.69, 9.17) is 23.2 Å². The lowest BCUT2D eigenvalue weighted by atomic mass is 10.3. The number of amides is 1. The van der Waals surface area contributed by atoms with Crippen LogP contribution >= 0.6 is 23.2 Å². The molecule has 0 fully saturated rings. The fraction of sp³-hybridized carbons (Fsp3) is 0.545. The van der Waals surface area contributed by atoms with E-state index in [0.717, 1.165) is 19.6 Å². The summed E-state index contributed by atoms with van der Waals surface area (Å²) < 4.78 is 0. The molecule has 0 aliphatic heterocycles. The summed E-state index contributed by atoms with van der Waals surface area (Å²) >= 11 is 11.5. The van der Waals surface area contributed by atoms with Gasteiger partial charge in [0.1, 0.15) is 0 Å². The Labute approximate surface area is 116 Å². The lowest BCUT2D eigenvalue weighted by Gasteiger charge is -2.17. The standard InChI is InChI=1S/C11H16Cl2N4O/c1-3-17(4-2)6-5-14-11(18)8-7-9(12)15-16-10(8)13/h7H,3-6H2,1-2H3,(H,14,18). The molecule has 0 bridgehead atoms. The average Bonchev–Trinajstić information content (AvgIpc) is 2.37. The van der Waals surface area contributed by atoms with Crippen molar-refractivity contribution in [3.63, 3.8) is 0 Å². The minimum Gasteiger partial charge on any atom is -0.351 e. The van der Waals surface area contributed by atoms with Crippen LogP contribution in [-0.2, 0) is 0 Å². The van der Waals surface area contributed by atoms with E-state index >= 15 is 0 Å². The van der Waals surface area contributed by atoms with Crippen molar-refractivity contribution in [2.45, 2.75) is 13.8 Å². The molecule has 0 atom stereocenters. The van der Waals surface area contributed by atoms with Gasteiger partial charge in [-0.3, -0.25) is 4.79 Å². The minimum atomic E-state index is -0.288. The molecule has 1 heterocycles. The van der Waals surface area contributed by atoms with Gasteiger partial charge in [0, 0.05) is 13.1 Å². The van der Waals surface area contributed by atoms with Gasteiger partial charge in [-0.05, 0) is 19.2 Å². The monoisotopic (exact) mass is 290 g/mol. The third-order valence-electron chi connectivity index (χ3n) is 2.57. The molecular formula is C11H16Cl2N4O. The molecule has 0 aliphatic rings. The van der Waals surface area contributed by atoms with Gasteiger partial charge in [0.05, 0.1) is 5.56 Å². The SMILES string of the molecule is CCN(CC)CCNC(=O)c1cc(Cl)nnc1Cl. The summed E-state index contributed by atoms with van der Waals surface area (Å²) in [6, 6.07) is 1.41. The number of carbonyl (C=O) groups is 1. The van der Waals surface area contributed by atoms with Gasteiger partial charge in [0.25, 0.3) is 5.91 Å². The molecule has 0 radical (unpaired) electrons. The second-order valence-electron chi connectivity index (χ2n) is 3.65. The van der Waals surface area contributed by atoms with Crippen molar-refractivity contribution < 1.29 is 4.79 Å². The van der Waals surface area contributed by atoms with Crippen LogP contribution in [0.25, 0.3) is 0 Å². The molecule has 0 aliphatic carbocycles. The Kier molecular flexibility index (Phi) is 6.32. The Bertz CT molecular complexity index is 410. The Hall–Kier alpha value is -0.910. The van der Waals surface area contributed by atoms with Gasteiger partial charge < -0.3 is 10.2 Å². The number of nitrogens with one attached hydrogen (secondary N) is 1. The molecule has 0 spiro atoms. The van der Waals surface area contributed by atoms with Crippen LogP contribution in [0.2, 0.25) is 10.3 Å². The van der Waals surface area contributed by atoms with E-state index < -0.39 is 0 Å². The zero-order chi connectivity index (χ0) is 13.5. The van der Waals surface area contributed by atoms with Crippen LogP contribution in [0, 0.1) is 0 Å². The Morgan fingerprint density at radius 3 is 2.61 bits per heavy atom. The summed E-state index contributed by atoms with van der Waals surface area (Å²) in [5.41, 5.74) is 0.246. The number of rotatable bonds is 6. The lowest BCUT2D eigenvalue weighted by Crippen LogP contribution is -2.35. The summed E-state index contributed by atoms with van der Waals surface area (Å²) in [6.45, 7) is 7.41. The molecule has 0 unspecified atom stereocenters. The van der Waals surface area contributed by atoms with Gasteiger partial charge in [0.15, 0.2) is 10.3 Å². The van der Waals surface area contributed by atoms with Crippen molar-refractivity contribution in [1.82, 2.24) is 20.4 Å². The second kappa shape index (κ2) is 7.51. The molecule has 0 saturated carbocycles. The quantitative estimate of drug-likeness (QED) is 0.869. The number of hydrogen-bond donors (Lipinski definition) is 1. The second-order valence-corrected chi connectivity index (χ2v) is 4.40. The average molecular weight is 291 g/mol. The van der Waals surface area contributed by atoms with Crippen LogP contribution in [0.15, 0.2) is 6.07 Å². The van der Waals surface area contributed by atoms with E-state index in [0.29, 0.717) is 6.54 Å². The fourth-order valence-electron chi connectivity index (χ4n) is 1.47. The molecule has 100 valence electrons. The van der Waals surface area contributed by atoms with Crippen molar-refractivity contribution in [3.05, 3.63) is 21.9 Å². The molecule has 1 aromatic heterocycles. The highest BCUT2D eigenvalue weighted by Gasteiger charge is 2.12. The Balaban J connectivity index is 2.53. The number of likely N-dealkylation sites (N-methyl/N-ethyl adjacent to an activating group) is 1. The van der Waals surface area contributed by atoms with Crippen LogP contribution in [0.3, 0.4) is 0 Å². The van der Waals surface area contributed by atoms with Gasteiger partial charge in [-0.1, -0.05) is 37.0 Å². The Morgan fingerprint density at radius 1 is 1.33 bits per heavy atom. The van der Waals surface area contributed by atoms with Crippen molar-refractivity contribution >= 4 is 29.1 Å². The van der Waals surface area contributed by atoms with E-state index in [1.165, 1.54) is 6.07 Å². The highest BCUT2D eigenvalue weighted by atomic mass is 35.5. The molecule has 0 saturated heterocycles. The van der Waals surface area contributed by atoms with Gasteiger partial charge in [-0.25, -0.2) is 0 Å². The third-order valence-corrected chi connectivity index (χ3v) is 3.04. The van der Waals surface area contributed by atoms with E-state index in [-0.39, 0.29) is 21.8 Å². The summed E-state index contributed by atoms with van der Waals surface area (Å²) in [5.74, 6) is -0.288. The first-order chi connectivity index (χ1) is 8.58. The number of nitrogens with zero attached hydrogens (tertiary/aromatic N) is 3. The van der Waals surface area contributed by atoms with Crippen LogP contribution in [0.4, 0.5) is 0 Å². The molecule has 1 rings (SSSR count). The number of carbonyl (C=O) groups excluding carboxylic acids is 1. The van der Waals surface area contributed by atoms with Crippen molar-refractivity contribution in [2.75, 3.05) is 26.2 Å². The molecule has 1 aromatic rings. The van der Waals surface area contributed by atoms with Gasteiger partial charge >= 0.3 is 0 Å². The molecule has 1 amide bonds. The van der Waals surface area contributed by atoms with E-state index in [9.17, 15) is 4.79 Å². The van der Waals surface area contributed by atoms with E-state index in [2.05, 4.69) is 34.3 Å². The number of hydrogen-bond acceptors (Lipinski definition) is 4. The molecular weight excluding hydrogens is 275 g/mol. The lowest BCUT2D eigenvalue weighted by molar-refractivity contribution is 0.0948. The van der Waals surface area contributed by atoms with Gasteiger partial charge in [-0.15, -0.1) is 10.2 Å². The maximum Gasteiger partial charge on any atom is 0.254 e. The number of aromatic nitrogens is 2. The zero-order valence-corrected chi connectivity index (χ0v) is 11.9. The maximum absolute atomic E-state index is 11.8. The topological polar surface area (TPSA) is 58.1 Å². The Morgan fingerprint density at radius 2 is 2.00 bits per heavy atom. The first-order valence-corrected chi connectivity index (χ1v) is 6.53. The predicted octanol–water partition coefficient (Wildman–Crippen LogP) is 1.85. The zero-order valence-electron chi connectivity index (χ0n) is 10.4. The molecule has 18 heavy (non-hydrogen) atoms. The number of halogens is 2. The summed E-state index contributed by atoms with van der Waals surface area (Å²) in [6.07, 6.45) is 0. The third kappa shape index (κ3) is 4.40. The molecule has 1 N–H and O–H groups in total. The summed E-state index contributed by atoms with van der Waals surface area (Å²) in [4.78, 5) is 14.0. The van der Waals surface area contributed by atoms with Gasteiger partial charge in [-0.2, -0.15) is 0 Å². The largest absolute Gasteiger partial charge is 0.351 e. The molecule has 0 aromatic carbocycles. The van der Waals surface area contributed by atoms with Gasteiger partial charge in [0.2, 0.25) is 0 Å². The van der Waals surface area contributed by atoms with Crippen LogP contribution < -0.4 is 5.32 Å². The smallest absolute Gasteiger partial charge is 0.254 e. The van der Waals surface area contributed by atoms with Crippen LogP contribution in [-0.4, -0.2) is 47.2 Å². The molecule has 5 nitrogen and oxygen atoms in total. The first kappa shape index (κ1) is 15.1. The fourth-order valence-corrected chi connectivity index (χ4v) is 1.80. The first-order valence-electron chi connectivity index (χ1n) is 5.77. The highest BCUT2D eigenvalue weighted by molar-refractivity contribution is 6.34. The maximum atomic E-state index is 11.8. The predicted molar refractivity (Wildman–Crippen MR) is 72.2 cm³/mol. The van der Waals surface area contributed by atoms with E-state index in [1.807, 2.05) is 0 Å². The summed E-state index contributed by atoms with van der Waals surface area (Å²) in [7, 11) is 0. The summed E-state index contributed by atoms with van der Waals surface area (Å²) in [5, 5.41) is 10.1. The highest BCUT2D eigenvalue weighted by Crippen LogP contribution is 2.14.